The molecule has 1 aromatic rings. The van der Waals surface area contributed by atoms with Gasteiger partial charge in [-0.25, -0.2) is 0 Å². The summed E-state index contributed by atoms with van der Waals surface area (Å²) in [5.41, 5.74) is 6.56. The van der Waals surface area contributed by atoms with E-state index in [1.807, 2.05) is 31.2 Å². The first-order valence-corrected chi connectivity index (χ1v) is 7.05. The second-order valence-electron chi connectivity index (χ2n) is 5.67. The van der Waals surface area contributed by atoms with E-state index in [0.29, 0.717) is 25.3 Å². The Balaban J connectivity index is 2.50. The predicted octanol–water partition coefficient (Wildman–Crippen LogP) is 2.12. The molecule has 0 aromatic heterocycles. The van der Waals surface area contributed by atoms with Gasteiger partial charge in [0.15, 0.2) is 0 Å². The molecule has 0 saturated heterocycles. The molecule has 20 heavy (non-hydrogen) atoms. The average Bonchev–Trinajstić information content (AvgIpc) is 2.45. The van der Waals surface area contributed by atoms with Gasteiger partial charge in [0.05, 0.1) is 12.6 Å². The fraction of sp³-hybridized carbons (Fsp3) is 0.562. The smallest absolute Gasteiger partial charge is 0.220 e. The zero-order chi connectivity index (χ0) is 15.2. The minimum Gasteiger partial charge on any atom is -0.497 e. The van der Waals surface area contributed by atoms with Gasteiger partial charge in [-0.05, 0) is 37.0 Å². The molecule has 0 heterocycles. The van der Waals surface area contributed by atoms with Gasteiger partial charge in [0, 0.05) is 13.0 Å². The van der Waals surface area contributed by atoms with Crippen LogP contribution in [0, 0.1) is 5.92 Å². The monoisotopic (exact) mass is 278 g/mol. The van der Waals surface area contributed by atoms with Crippen LogP contribution in [-0.4, -0.2) is 25.1 Å². The summed E-state index contributed by atoms with van der Waals surface area (Å²) >= 11 is 0. The molecule has 1 rings (SSSR count). The van der Waals surface area contributed by atoms with E-state index in [-0.39, 0.29) is 11.4 Å². The van der Waals surface area contributed by atoms with Crippen LogP contribution in [0.4, 0.5) is 0 Å². The first-order valence-electron chi connectivity index (χ1n) is 7.05. The fourth-order valence-corrected chi connectivity index (χ4v) is 1.86. The van der Waals surface area contributed by atoms with E-state index in [4.69, 9.17) is 10.5 Å². The number of carbonyl (C=O) groups excluding carboxylic acids is 1. The Morgan fingerprint density at radius 1 is 1.35 bits per heavy atom. The summed E-state index contributed by atoms with van der Waals surface area (Å²) in [6, 6.07) is 7.78. The molecule has 4 heteroatoms. The highest BCUT2D eigenvalue weighted by molar-refractivity contribution is 5.77. The Kier molecular flexibility index (Phi) is 6.02. The molecule has 3 N–H and O–H groups in total. The number of carbonyl (C=O) groups is 1. The topological polar surface area (TPSA) is 64.3 Å². The van der Waals surface area contributed by atoms with Gasteiger partial charge in [0.25, 0.3) is 0 Å². The van der Waals surface area contributed by atoms with Crippen molar-refractivity contribution in [3.63, 3.8) is 0 Å². The lowest BCUT2D eigenvalue weighted by molar-refractivity contribution is -0.123. The van der Waals surface area contributed by atoms with Gasteiger partial charge < -0.3 is 15.8 Å². The Morgan fingerprint density at radius 3 is 2.40 bits per heavy atom. The fourth-order valence-electron chi connectivity index (χ4n) is 1.86. The summed E-state index contributed by atoms with van der Waals surface area (Å²) in [5, 5.41) is 3.05. The van der Waals surface area contributed by atoms with Crippen LogP contribution >= 0.6 is 0 Å². The van der Waals surface area contributed by atoms with Crippen LogP contribution in [0.25, 0.3) is 0 Å². The summed E-state index contributed by atoms with van der Waals surface area (Å²) in [7, 11) is 1.64. The number of nitrogens with two attached hydrogens (primary N) is 1. The lowest BCUT2D eigenvalue weighted by Gasteiger charge is -2.33. The molecule has 0 spiro atoms. The van der Waals surface area contributed by atoms with Gasteiger partial charge in [0.2, 0.25) is 5.91 Å². The van der Waals surface area contributed by atoms with E-state index in [9.17, 15) is 4.79 Å². The number of nitrogens with one attached hydrogen (secondary N) is 1. The number of methoxy groups -OCH3 is 1. The first-order chi connectivity index (χ1) is 9.41. The number of amides is 1. The Labute approximate surface area is 121 Å². The largest absolute Gasteiger partial charge is 0.497 e. The van der Waals surface area contributed by atoms with E-state index >= 15 is 0 Å². The van der Waals surface area contributed by atoms with Crippen LogP contribution in [0.5, 0.6) is 5.75 Å². The number of ether oxygens (including phenoxy) is 1. The van der Waals surface area contributed by atoms with Crippen molar-refractivity contribution in [3.05, 3.63) is 29.8 Å². The van der Waals surface area contributed by atoms with Crippen molar-refractivity contribution in [2.24, 2.45) is 11.7 Å². The lowest BCUT2D eigenvalue weighted by Crippen LogP contribution is -2.55. The van der Waals surface area contributed by atoms with Crippen molar-refractivity contribution >= 4 is 5.91 Å². The van der Waals surface area contributed by atoms with Crippen molar-refractivity contribution < 1.29 is 9.53 Å². The number of benzene rings is 1. The highest BCUT2D eigenvalue weighted by Crippen LogP contribution is 2.16. The third-order valence-electron chi connectivity index (χ3n) is 3.92. The molecule has 0 radical (unpaired) electrons. The van der Waals surface area contributed by atoms with Crippen LogP contribution < -0.4 is 15.8 Å². The van der Waals surface area contributed by atoms with E-state index in [0.717, 1.165) is 11.3 Å². The molecule has 0 saturated carbocycles. The standard InChI is InChI=1S/C16H26N2O2/c1-12(2)16(3,11-17)18-15(19)10-7-13-5-8-14(20-4)9-6-13/h5-6,8-9,12H,7,10-11,17H2,1-4H3,(H,18,19). The maximum Gasteiger partial charge on any atom is 0.220 e. The van der Waals surface area contributed by atoms with Crippen LogP contribution in [-0.2, 0) is 11.2 Å². The van der Waals surface area contributed by atoms with Gasteiger partial charge >= 0.3 is 0 Å². The molecule has 0 aliphatic carbocycles. The Morgan fingerprint density at radius 2 is 1.95 bits per heavy atom. The van der Waals surface area contributed by atoms with E-state index < -0.39 is 0 Å². The average molecular weight is 278 g/mol. The van der Waals surface area contributed by atoms with Crippen molar-refractivity contribution in [1.82, 2.24) is 5.32 Å². The lowest BCUT2D eigenvalue weighted by atomic mass is 9.88. The van der Waals surface area contributed by atoms with Crippen molar-refractivity contribution in [2.45, 2.75) is 39.2 Å². The maximum atomic E-state index is 12.0. The highest BCUT2D eigenvalue weighted by atomic mass is 16.5. The van der Waals surface area contributed by atoms with Gasteiger partial charge in [-0.1, -0.05) is 26.0 Å². The second kappa shape index (κ2) is 7.29. The molecule has 0 bridgehead atoms. The molecule has 4 nitrogen and oxygen atoms in total. The third kappa shape index (κ3) is 4.53. The van der Waals surface area contributed by atoms with E-state index in [1.165, 1.54) is 0 Å². The van der Waals surface area contributed by atoms with E-state index in [2.05, 4.69) is 19.2 Å². The minimum absolute atomic E-state index is 0.0440. The number of aryl methyl sites for hydroxylation is 1. The molecule has 0 aliphatic rings. The number of hydrogen-bond donors (Lipinski definition) is 2. The molecule has 112 valence electrons. The van der Waals surface area contributed by atoms with Gasteiger partial charge in [-0.2, -0.15) is 0 Å². The van der Waals surface area contributed by atoms with Gasteiger partial charge in [-0.15, -0.1) is 0 Å². The van der Waals surface area contributed by atoms with Gasteiger partial charge in [0.1, 0.15) is 5.75 Å². The summed E-state index contributed by atoms with van der Waals surface area (Å²) in [4.78, 5) is 12.0. The second-order valence-corrected chi connectivity index (χ2v) is 5.67. The third-order valence-corrected chi connectivity index (χ3v) is 3.92. The molecule has 1 aromatic carbocycles. The summed E-state index contributed by atoms with van der Waals surface area (Å²) in [6.45, 7) is 6.56. The van der Waals surface area contributed by atoms with Crippen molar-refractivity contribution in [2.75, 3.05) is 13.7 Å². The minimum atomic E-state index is -0.336. The number of rotatable bonds is 7. The van der Waals surface area contributed by atoms with Crippen molar-refractivity contribution in [1.29, 1.82) is 0 Å². The predicted molar refractivity (Wildman–Crippen MR) is 81.8 cm³/mol. The zero-order valence-corrected chi connectivity index (χ0v) is 12.9. The van der Waals surface area contributed by atoms with Crippen LogP contribution in [0.1, 0.15) is 32.8 Å². The molecule has 0 aliphatic heterocycles. The molecular formula is C16H26N2O2. The quantitative estimate of drug-likeness (QED) is 0.803. The maximum absolute atomic E-state index is 12.0. The zero-order valence-electron chi connectivity index (χ0n) is 12.9. The molecule has 1 unspecified atom stereocenters. The SMILES string of the molecule is COc1ccc(CCC(=O)NC(C)(CN)C(C)C)cc1. The molecular weight excluding hydrogens is 252 g/mol. The highest BCUT2D eigenvalue weighted by Gasteiger charge is 2.28. The van der Waals surface area contributed by atoms with Crippen LogP contribution in [0.2, 0.25) is 0 Å². The first kappa shape index (κ1) is 16.5. The summed E-state index contributed by atoms with van der Waals surface area (Å²) in [5.74, 6) is 1.17. The molecule has 0 fully saturated rings. The molecule has 1 amide bonds. The summed E-state index contributed by atoms with van der Waals surface area (Å²) in [6.07, 6.45) is 1.18. The van der Waals surface area contributed by atoms with Crippen molar-refractivity contribution in [3.8, 4) is 5.75 Å². The normalized spacial score (nSPS) is 13.9. The van der Waals surface area contributed by atoms with Crippen LogP contribution in [0.15, 0.2) is 24.3 Å². The Hall–Kier alpha value is -1.55. The molecule has 1 atom stereocenters. The van der Waals surface area contributed by atoms with E-state index in [1.54, 1.807) is 7.11 Å². The Bertz CT molecular complexity index is 429. The van der Waals surface area contributed by atoms with Gasteiger partial charge in [-0.3, -0.25) is 4.79 Å². The van der Waals surface area contributed by atoms with Crippen LogP contribution in [0.3, 0.4) is 0 Å². The number of hydrogen-bond acceptors (Lipinski definition) is 3. The summed E-state index contributed by atoms with van der Waals surface area (Å²) < 4.78 is 5.11.